The summed E-state index contributed by atoms with van der Waals surface area (Å²) in [7, 11) is 1.64. The second-order valence-corrected chi connectivity index (χ2v) is 6.06. The molecule has 0 radical (unpaired) electrons. The SMILES string of the molecule is COc1ccc(CSc2ccc(Br)cn2)cc1C#CCN. The number of methoxy groups -OCH3 is 1. The molecular formula is C16H15BrN2OS. The Hall–Kier alpha value is -1.48. The van der Waals surface area contributed by atoms with Gasteiger partial charge < -0.3 is 10.5 Å². The lowest BCUT2D eigenvalue weighted by atomic mass is 10.1. The van der Waals surface area contributed by atoms with Crippen LogP contribution in [0.4, 0.5) is 0 Å². The van der Waals surface area contributed by atoms with Gasteiger partial charge in [0.15, 0.2) is 0 Å². The average molecular weight is 363 g/mol. The molecule has 108 valence electrons. The summed E-state index contributed by atoms with van der Waals surface area (Å²) in [5.41, 5.74) is 7.46. The Balaban J connectivity index is 2.11. The van der Waals surface area contributed by atoms with Gasteiger partial charge in [0.1, 0.15) is 5.75 Å². The molecule has 0 saturated heterocycles. The predicted molar refractivity (Wildman–Crippen MR) is 90.4 cm³/mol. The molecule has 0 spiro atoms. The Kier molecular flexibility index (Phi) is 6.12. The fourth-order valence-electron chi connectivity index (χ4n) is 1.69. The van der Waals surface area contributed by atoms with E-state index in [2.05, 4.69) is 32.8 Å². The molecule has 3 nitrogen and oxygen atoms in total. The van der Waals surface area contributed by atoms with Crippen LogP contribution < -0.4 is 10.5 Å². The highest BCUT2D eigenvalue weighted by Gasteiger charge is 2.03. The van der Waals surface area contributed by atoms with E-state index in [1.165, 1.54) is 5.56 Å². The van der Waals surface area contributed by atoms with Crippen molar-refractivity contribution < 1.29 is 4.74 Å². The first-order chi connectivity index (χ1) is 10.2. The maximum Gasteiger partial charge on any atom is 0.134 e. The van der Waals surface area contributed by atoms with Crippen molar-refractivity contribution in [3.8, 4) is 17.6 Å². The summed E-state index contributed by atoms with van der Waals surface area (Å²) in [6.45, 7) is 0.338. The lowest BCUT2D eigenvalue weighted by molar-refractivity contribution is 0.413. The van der Waals surface area contributed by atoms with Crippen molar-refractivity contribution in [1.82, 2.24) is 4.98 Å². The fourth-order valence-corrected chi connectivity index (χ4v) is 2.71. The lowest BCUT2D eigenvalue weighted by Crippen LogP contribution is -1.95. The van der Waals surface area contributed by atoms with Gasteiger partial charge in [-0.3, -0.25) is 0 Å². The van der Waals surface area contributed by atoms with Crippen LogP contribution in [0.15, 0.2) is 46.0 Å². The van der Waals surface area contributed by atoms with Crippen LogP contribution in [0.2, 0.25) is 0 Å². The van der Waals surface area contributed by atoms with E-state index in [9.17, 15) is 0 Å². The molecule has 0 aliphatic rings. The quantitative estimate of drug-likeness (QED) is 0.668. The molecule has 0 atom stereocenters. The smallest absolute Gasteiger partial charge is 0.134 e. The van der Waals surface area contributed by atoms with Gasteiger partial charge in [-0.1, -0.05) is 17.9 Å². The van der Waals surface area contributed by atoms with E-state index >= 15 is 0 Å². The number of halogens is 1. The number of aromatic nitrogens is 1. The highest BCUT2D eigenvalue weighted by atomic mass is 79.9. The number of nitrogens with two attached hydrogens (primary N) is 1. The Morgan fingerprint density at radius 2 is 2.19 bits per heavy atom. The van der Waals surface area contributed by atoms with Crippen molar-refractivity contribution in [2.24, 2.45) is 5.73 Å². The molecule has 0 unspecified atom stereocenters. The maximum atomic E-state index is 5.42. The van der Waals surface area contributed by atoms with Gasteiger partial charge in [0.25, 0.3) is 0 Å². The first-order valence-corrected chi connectivity index (χ1v) is 8.11. The summed E-state index contributed by atoms with van der Waals surface area (Å²) < 4.78 is 6.29. The molecule has 0 fully saturated rings. The summed E-state index contributed by atoms with van der Waals surface area (Å²) in [4.78, 5) is 4.35. The molecule has 0 saturated carbocycles. The number of benzene rings is 1. The second-order valence-electron chi connectivity index (χ2n) is 4.14. The molecular weight excluding hydrogens is 348 g/mol. The van der Waals surface area contributed by atoms with E-state index in [1.54, 1.807) is 25.1 Å². The van der Waals surface area contributed by atoms with E-state index < -0.39 is 0 Å². The van der Waals surface area contributed by atoms with E-state index in [-0.39, 0.29) is 0 Å². The summed E-state index contributed by atoms with van der Waals surface area (Å²) in [5.74, 6) is 7.50. The van der Waals surface area contributed by atoms with Gasteiger partial charge in [0, 0.05) is 16.4 Å². The molecule has 2 aromatic rings. The fraction of sp³-hybridized carbons (Fsp3) is 0.188. The minimum Gasteiger partial charge on any atom is -0.495 e. The normalized spacial score (nSPS) is 9.86. The molecule has 0 aliphatic heterocycles. The molecule has 21 heavy (non-hydrogen) atoms. The molecule has 2 rings (SSSR count). The van der Waals surface area contributed by atoms with E-state index in [4.69, 9.17) is 10.5 Å². The van der Waals surface area contributed by atoms with E-state index in [0.29, 0.717) is 6.54 Å². The molecule has 2 N–H and O–H groups in total. The average Bonchev–Trinajstić information content (AvgIpc) is 2.52. The summed E-state index contributed by atoms with van der Waals surface area (Å²) >= 11 is 5.06. The molecule has 0 bridgehead atoms. The third kappa shape index (κ3) is 4.78. The summed E-state index contributed by atoms with van der Waals surface area (Å²) in [6, 6.07) is 9.99. The standard InChI is InChI=1S/C16H15BrN2OS/c1-20-15-6-4-12(9-13(15)3-2-8-18)11-21-16-7-5-14(17)10-19-16/h4-7,9-10H,8,11,18H2,1H3. The molecule has 1 aromatic carbocycles. The van der Waals surface area contributed by atoms with Crippen LogP contribution in [-0.2, 0) is 5.75 Å². The Morgan fingerprint density at radius 3 is 2.86 bits per heavy atom. The monoisotopic (exact) mass is 362 g/mol. The van der Waals surface area contributed by atoms with Gasteiger partial charge in [-0.25, -0.2) is 4.98 Å². The minimum atomic E-state index is 0.338. The highest BCUT2D eigenvalue weighted by Crippen LogP contribution is 2.25. The first kappa shape index (κ1) is 15.9. The van der Waals surface area contributed by atoms with Crippen molar-refractivity contribution >= 4 is 27.7 Å². The highest BCUT2D eigenvalue weighted by molar-refractivity contribution is 9.10. The van der Waals surface area contributed by atoms with Crippen LogP contribution in [0.5, 0.6) is 5.75 Å². The molecule has 0 aliphatic carbocycles. The maximum absolute atomic E-state index is 5.42. The van der Waals surface area contributed by atoms with Crippen LogP contribution in [0, 0.1) is 11.8 Å². The third-order valence-corrected chi connectivity index (χ3v) is 4.16. The van der Waals surface area contributed by atoms with Crippen molar-refractivity contribution in [3.05, 3.63) is 52.1 Å². The summed E-state index contributed by atoms with van der Waals surface area (Å²) in [5, 5.41) is 0.989. The molecule has 1 aromatic heterocycles. The van der Waals surface area contributed by atoms with Gasteiger partial charge in [-0.15, -0.1) is 11.8 Å². The van der Waals surface area contributed by atoms with Crippen LogP contribution in [-0.4, -0.2) is 18.6 Å². The van der Waals surface area contributed by atoms with Crippen LogP contribution in [0.1, 0.15) is 11.1 Å². The number of hydrogen-bond donors (Lipinski definition) is 1. The second kappa shape index (κ2) is 8.08. The number of hydrogen-bond acceptors (Lipinski definition) is 4. The third-order valence-electron chi connectivity index (χ3n) is 2.68. The lowest BCUT2D eigenvalue weighted by Gasteiger charge is -2.06. The summed E-state index contributed by atoms with van der Waals surface area (Å²) in [6.07, 6.45) is 1.80. The van der Waals surface area contributed by atoms with Gasteiger partial charge in [0.2, 0.25) is 0 Å². The zero-order valence-electron chi connectivity index (χ0n) is 11.6. The number of pyridine rings is 1. The van der Waals surface area contributed by atoms with Gasteiger partial charge in [-0.2, -0.15) is 0 Å². The van der Waals surface area contributed by atoms with Crippen LogP contribution in [0.3, 0.4) is 0 Å². The number of thioether (sulfide) groups is 1. The first-order valence-electron chi connectivity index (χ1n) is 6.33. The number of ether oxygens (including phenoxy) is 1. The number of nitrogens with zero attached hydrogens (tertiary/aromatic N) is 1. The van der Waals surface area contributed by atoms with Crippen molar-refractivity contribution in [2.45, 2.75) is 10.8 Å². The molecule has 5 heteroatoms. The molecule has 0 amide bonds. The van der Waals surface area contributed by atoms with E-state index in [0.717, 1.165) is 26.6 Å². The zero-order chi connectivity index (χ0) is 15.1. The number of rotatable bonds is 4. The topological polar surface area (TPSA) is 48.1 Å². The van der Waals surface area contributed by atoms with Crippen molar-refractivity contribution in [2.75, 3.05) is 13.7 Å². The van der Waals surface area contributed by atoms with Gasteiger partial charge in [0.05, 0.1) is 24.2 Å². The van der Waals surface area contributed by atoms with Gasteiger partial charge >= 0.3 is 0 Å². The van der Waals surface area contributed by atoms with Crippen molar-refractivity contribution in [3.63, 3.8) is 0 Å². The zero-order valence-corrected chi connectivity index (χ0v) is 14.0. The predicted octanol–water partition coefficient (Wildman–Crippen LogP) is 3.46. The van der Waals surface area contributed by atoms with Crippen molar-refractivity contribution in [1.29, 1.82) is 0 Å². The molecule has 1 heterocycles. The largest absolute Gasteiger partial charge is 0.495 e. The minimum absolute atomic E-state index is 0.338. The Morgan fingerprint density at radius 1 is 1.33 bits per heavy atom. The van der Waals surface area contributed by atoms with Crippen LogP contribution in [0.25, 0.3) is 0 Å². The Labute approximate surface area is 137 Å². The van der Waals surface area contributed by atoms with E-state index in [1.807, 2.05) is 30.3 Å². The van der Waals surface area contributed by atoms with Crippen LogP contribution >= 0.6 is 27.7 Å². The van der Waals surface area contributed by atoms with Gasteiger partial charge in [-0.05, 0) is 45.8 Å². The Bertz CT molecular complexity index is 662.